The van der Waals surface area contributed by atoms with E-state index >= 15 is 0 Å². The Hall–Kier alpha value is -2.69. The van der Waals surface area contributed by atoms with Crippen LogP contribution in [0.2, 0.25) is 0 Å². The van der Waals surface area contributed by atoms with Crippen molar-refractivity contribution in [3.8, 4) is 0 Å². The van der Waals surface area contributed by atoms with Gasteiger partial charge in [0.15, 0.2) is 0 Å². The van der Waals surface area contributed by atoms with Crippen LogP contribution in [0.5, 0.6) is 0 Å². The van der Waals surface area contributed by atoms with Gasteiger partial charge in [0.25, 0.3) is 11.8 Å². The van der Waals surface area contributed by atoms with Crippen molar-refractivity contribution in [2.45, 2.75) is 26.3 Å². The Balaban J connectivity index is 1.75. The summed E-state index contributed by atoms with van der Waals surface area (Å²) in [5, 5.41) is 2.78. The van der Waals surface area contributed by atoms with E-state index in [1.165, 1.54) is 17.3 Å². The van der Waals surface area contributed by atoms with E-state index < -0.39 is 0 Å². The molecule has 0 fully saturated rings. The van der Waals surface area contributed by atoms with E-state index in [1.54, 1.807) is 12.1 Å². The minimum absolute atomic E-state index is 0.0588. The fourth-order valence-corrected chi connectivity index (χ4v) is 2.87. The Kier molecular flexibility index (Phi) is 4.89. The smallest absolute Gasteiger partial charge is 0.269 e. The number of pyridine rings is 1. The predicted octanol–water partition coefficient (Wildman–Crippen LogP) is 2.42. The molecule has 1 aromatic heterocycles. The molecular formula is C19H21N3O2. The SMILES string of the molecule is CCCNC(=O)c1cc(C(=O)N2CCc3ccccc3C2)ccn1. The lowest BCUT2D eigenvalue weighted by molar-refractivity contribution is 0.0734. The fourth-order valence-electron chi connectivity index (χ4n) is 2.87. The summed E-state index contributed by atoms with van der Waals surface area (Å²) in [6, 6.07) is 11.4. The Morgan fingerprint density at radius 3 is 2.79 bits per heavy atom. The monoisotopic (exact) mass is 323 g/mol. The van der Waals surface area contributed by atoms with Gasteiger partial charge in [0.1, 0.15) is 5.69 Å². The van der Waals surface area contributed by atoms with Gasteiger partial charge in [0, 0.05) is 31.4 Å². The summed E-state index contributed by atoms with van der Waals surface area (Å²) in [5.74, 6) is -0.299. The number of amides is 2. The Labute approximate surface area is 141 Å². The molecule has 1 aliphatic heterocycles. The minimum Gasteiger partial charge on any atom is -0.351 e. The van der Waals surface area contributed by atoms with Crippen LogP contribution in [0.1, 0.15) is 45.3 Å². The Morgan fingerprint density at radius 2 is 2.00 bits per heavy atom. The van der Waals surface area contributed by atoms with Crippen LogP contribution in [0, 0.1) is 0 Å². The molecule has 2 amide bonds. The van der Waals surface area contributed by atoms with E-state index in [1.807, 2.05) is 24.0 Å². The van der Waals surface area contributed by atoms with Gasteiger partial charge >= 0.3 is 0 Å². The first-order valence-corrected chi connectivity index (χ1v) is 8.29. The highest BCUT2D eigenvalue weighted by Crippen LogP contribution is 2.20. The molecule has 2 aromatic rings. The molecule has 3 rings (SSSR count). The number of rotatable bonds is 4. The van der Waals surface area contributed by atoms with Crippen LogP contribution in [0.4, 0.5) is 0 Å². The van der Waals surface area contributed by atoms with E-state index in [4.69, 9.17) is 0 Å². The van der Waals surface area contributed by atoms with E-state index in [9.17, 15) is 9.59 Å². The minimum atomic E-state index is -0.240. The summed E-state index contributed by atoms with van der Waals surface area (Å²) >= 11 is 0. The van der Waals surface area contributed by atoms with Crippen molar-refractivity contribution >= 4 is 11.8 Å². The van der Waals surface area contributed by atoms with Gasteiger partial charge in [-0.15, -0.1) is 0 Å². The second-order valence-electron chi connectivity index (χ2n) is 5.93. The molecule has 0 bridgehead atoms. The highest BCUT2D eigenvalue weighted by Gasteiger charge is 2.22. The van der Waals surface area contributed by atoms with Crippen molar-refractivity contribution in [2.75, 3.05) is 13.1 Å². The van der Waals surface area contributed by atoms with Crippen molar-refractivity contribution in [1.82, 2.24) is 15.2 Å². The topological polar surface area (TPSA) is 62.3 Å². The zero-order chi connectivity index (χ0) is 16.9. The summed E-state index contributed by atoms with van der Waals surface area (Å²) in [5.41, 5.74) is 3.28. The maximum Gasteiger partial charge on any atom is 0.269 e. The molecule has 5 nitrogen and oxygen atoms in total. The molecule has 124 valence electrons. The Bertz CT molecular complexity index is 758. The van der Waals surface area contributed by atoms with Gasteiger partial charge in [-0.1, -0.05) is 31.2 Å². The number of fused-ring (bicyclic) bond motifs is 1. The highest BCUT2D eigenvalue weighted by molar-refractivity contribution is 5.98. The van der Waals surface area contributed by atoms with E-state index in [0.717, 1.165) is 12.8 Å². The first kappa shape index (κ1) is 16.2. The molecule has 1 N–H and O–H groups in total. The van der Waals surface area contributed by atoms with Crippen molar-refractivity contribution < 1.29 is 9.59 Å². The van der Waals surface area contributed by atoms with Crippen LogP contribution >= 0.6 is 0 Å². The number of benzene rings is 1. The maximum atomic E-state index is 12.8. The average molecular weight is 323 g/mol. The lowest BCUT2D eigenvalue weighted by atomic mass is 9.99. The number of aromatic nitrogens is 1. The molecule has 0 aliphatic carbocycles. The molecule has 2 heterocycles. The average Bonchev–Trinajstić information content (AvgIpc) is 2.65. The number of nitrogens with zero attached hydrogens (tertiary/aromatic N) is 2. The van der Waals surface area contributed by atoms with Crippen molar-refractivity contribution in [1.29, 1.82) is 0 Å². The second kappa shape index (κ2) is 7.25. The lowest BCUT2D eigenvalue weighted by Crippen LogP contribution is -2.36. The van der Waals surface area contributed by atoms with Crippen LogP contribution in [-0.4, -0.2) is 34.8 Å². The van der Waals surface area contributed by atoms with E-state index in [2.05, 4.69) is 22.4 Å². The normalized spacial score (nSPS) is 13.3. The van der Waals surface area contributed by atoms with Crippen LogP contribution in [-0.2, 0) is 13.0 Å². The molecule has 5 heteroatoms. The van der Waals surface area contributed by atoms with Crippen LogP contribution in [0.25, 0.3) is 0 Å². The van der Waals surface area contributed by atoms with Gasteiger partial charge in [-0.25, -0.2) is 0 Å². The number of nitrogens with one attached hydrogen (secondary N) is 1. The molecule has 0 saturated heterocycles. The van der Waals surface area contributed by atoms with Gasteiger partial charge in [-0.3, -0.25) is 14.6 Å². The summed E-state index contributed by atoms with van der Waals surface area (Å²) in [6.07, 6.45) is 3.24. The third-order valence-electron chi connectivity index (χ3n) is 4.19. The molecule has 0 saturated carbocycles. The van der Waals surface area contributed by atoms with Crippen molar-refractivity contribution in [3.05, 3.63) is 65.0 Å². The third-order valence-corrected chi connectivity index (χ3v) is 4.19. The number of hydrogen-bond acceptors (Lipinski definition) is 3. The predicted molar refractivity (Wildman–Crippen MR) is 91.7 cm³/mol. The summed E-state index contributed by atoms with van der Waals surface area (Å²) < 4.78 is 0. The largest absolute Gasteiger partial charge is 0.351 e. The van der Waals surface area contributed by atoms with Gasteiger partial charge in [0.05, 0.1) is 0 Å². The van der Waals surface area contributed by atoms with E-state index in [-0.39, 0.29) is 17.5 Å². The third kappa shape index (κ3) is 3.45. The molecule has 24 heavy (non-hydrogen) atoms. The van der Waals surface area contributed by atoms with Gasteiger partial charge in [-0.2, -0.15) is 0 Å². The fraction of sp³-hybridized carbons (Fsp3) is 0.316. The van der Waals surface area contributed by atoms with Crippen LogP contribution < -0.4 is 5.32 Å². The highest BCUT2D eigenvalue weighted by atomic mass is 16.2. The molecule has 0 radical (unpaired) electrons. The first-order valence-electron chi connectivity index (χ1n) is 8.29. The second-order valence-corrected chi connectivity index (χ2v) is 5.93. The van der Waals surface area contributed by atoms with Gasteiger partial charge < -0.3 is 10.2 Å². The number of carbonyl (C=O) groups excluding carboxylic acids is 2. The quantitative estimate of drug-likeness (QED) is 0.940. The van der Waals surface area contributed by atoms with Crippen LogP contribution in [0.15, 0.2) is 42.6 Å². The van der Waals surface area contributed by atoms with E-state index in [0.29, 0.717) is 25.2 Å². The molecule has 0 atom stereocenters. The zero-order valence-corrected chi connectivity index (χ0v) is 13.8. The molecule has 0 unspecified atom stereocenters. The first-order chi connectivity index (χ1) is 11.7. The Morgan fingerprint density at radius 1 is 1.21 bits per heavy atom. The van der Waals surface area contributed by atoms with Gasteiger partial charge in [0.2, 0.25) is 0 Å². The molecule has 1 aromatic carbocycles. The molecular weight excluding hydrogens is 302 g/mol. The summed E-state index contributed by atoms with van der Waals surface area (Å²) in [7, 11) is 0. The standard InChI is InChI=1S/C19H21N3O2/c1-2-9-21-18(23)17-12-15(7-10-20-17)19(24)22-11-8-14-5-3-4-6-16(14)13-22/h3-7,10,12H,2,8-9,11,13H2,1H3,(H,21,23). The molecule has 1 aliphatic rings. The van der Waals surface area contributed by atoms with Crippen LogP contribution in [0.3, 0.4) is 0 Å². The van der Waals surface area contributed by atoms with Gasteiger partial charge in [-0.05, 0) is 36.1 Å². The summed E-state index contributed by atoms with van der Waals surface area (Å²) in [6.45, 7) is 3.88. The molecule has 0 spiro atoms. The van der Waals surface area contributed by atoms with Crippen molar-refractivity contribution in [2.24, 2.45) is 0 Å². The zero-order valence-electron chi connectivity index (χ0n) is 13.8. The maximum absolute atomic E-state index is 12.8. The lowest BCUT2D eigenvalue weighted by Gasteiger charge is -2.29. The number of carbonyl (C=O) groups is 2. The van der Waals surface area contributed by atoms with Crippen molar-refractivity contribution in [3.63, 3.8) is 0 Å². The number of hydrogen-bond donors (Lipinski definition) is 1. The summed E-state index contributed by atoms with van der Waals surface area (Å²) in [4.78, 5) is 30.7.